The highest BCUT2D eigenvalue weighted by Crippen LogP contribution is 2.27. The van der Waals surface area contributed by atoms with E-state index in [0.717, 1.165) is 29.2 Å². The maximum absolute atomic E-state index is 13.1. The molecule has 1 N–H and O–H groups in total. The molecule has 0 amide bonds. The van der Waals surface area contributed by atoms with Crippen LogP contribution in [-0.4, -0.2) is 11.5 Å². The lowest BCUT2D eigenvalue weighted by Gasteiger charge is -2.18. The van der Waals surface area contributed by atoms with E-state index in [1.807, 2.05) is 19.2 Å². The number of likely N-dealkylation sites (N-methyl/N-ethyl adjacent to an activating group) is 1. The van der Waals surface area contributed by atoms with Gasteiger partial charge in [-0.25, -0.2) is 9.37 Å². The maximum atomic E-state index is 13.1. The zero-order valence-electron chi connectivity index (χ0n) is 10.9. The molecule has 0 radical (unpaired) electrons. The summed E-state index contributed by atoms with van der Waals surface area (Å²) in [5.74, 6) is -0.311. The smallest absolute Gasteiger partial charge is 0.124 e. The molecule has 2 rings (SSSR count). The van der Waals surface area contributed by atoms with Gasteiger partial charge in [0, 0.05) is 28.6 Å². The van der Waals surface area contributed by atoms with Gasteiger partial charge in [-0.3, -0.25) is 0 Å². The standard InChI is InChI=1S/C14H16ClFN2S/c1-3-17-13(7-14-18-9(2)8-19-14)11-5-4-10(16)6-12(11)15/h4-6,8,13,17H,3,7H2,1-2H3. The molecular formula is C14H16ClFN2S. The van der Waals surface area contributed by atoms with Crippen molar-refractivity contribution in [2.45, 2.75) is 26.3 Å². The summed E-state index contributed by atoms with van der Waals surface area (Å²) in [5.41, 5.74) is 1.94. The van der Waals surface area contributed by atoms with Gasteiger partial charge in [-0.05, 0) is 31.2 Å². The molecule has 1 atom stereocenters. The Morgan fingerprint density at radius 1 is 1.47 bits per heavy atom. The van der Waals surface area contributed by atoms with Crippen molar-refractivity contribution in [2.75, 3.05) is 6.54 Å². The van der Waals surface area contributed by atoms with E-state index in [9.17, 15) is 4.39 Å². The first-order valence-corrected chi connectivity index (χ1v) is 7.45. The molecule has 1 aromatic carbocycles. The van der Waals surface area contributed by atoms with Crippen LogP contribution in [0.3, 0.4) is 0 Å². The summed E-state index contributed by atoms with van der Waals surface area (Å²) in [6.07, 6.45) is 0.762. The van der Waals surface area contributed by atoms with Crippen LogP contribution >= 0.6 is 22.9 Å². The number of nitrogens with zero attached hydrogens (tertiary/aromatic N) is 1. The van der Waals surface area contributed by atoms with Crippen LogP contribution in [0.25, 0.3) is 0 Å². The molecule has 0 aliphatic rings. The van der Waals surface area contributed by atoms with E-state index in [1.165, 1.54) is 12.1 Å². The van der Waals surface area contributed by atoms with Crippen molar-refractivity contribution < 1.29 is 4.39 Å². The number of benzene rings is 1. The van der Waals surface area contributed by atoms with Crippen LogP contribution in [0, 0.1) is 12.7 Å². The van der Waals surface area contributed by atoms with Crippen molar-refractivity contribution in [1.29, 1.82) is 0 Å². The number of hydrogen-bond donors (Lipinski definition) is 1. The third-order valence-electron chi connectivity index (χ3n) is 2.83. The second-order valence-corrected chi connectivity index (χ2v) is 5.71. The van der Waals surface area contributed by atoms with E-state index < -0.39 is 0 Å². The van der Waals surface area contributed by atoms with Crippen LogP contribution in [0.1, 0.15) is 29.2 Å². The van der Waals surface area contributed by atoms with Crippen LogP contribution in [0.15, 0.2) is 23.6 Å². The van der Waals surface area contributed by atoms with Crippen LogP contribution in [-0.2, 0) is 6.42 Å². The Morgan fingerprint density at radius 2 is 2.26 bits per heavy atom. The number of nitrogens with one attached hydrogen (secondary N) is 1. The molecule has 1 aromatic heterocycles. The first-order chi connectivity index (χ1) is 9.10. The molecule has 1 heterocycles. The van der Waals surface area contributed by atoms with Gasteiger partial charge in [0.1, 0.15) is 5.82 Å². The molecule has 0 bridgehead atoms. The molecule has 1 unspecified atom stereocenters. The van der Waals surface area contributed by atoms with E-state index in [4.69, 9.17) is 11.6 Å². The van der Waals surface area contributed by atoms with Crippen molar-refractivity contribution >= 4 is 22.9 Å². The number of rotatable bonds is 5. The lowest BCUT2D eigenvalue weighted by molar-refractivity contribution is 0.546. The highest BCUT2D eigenvalue weighted by molar-refractivity contribution is 7.09. The Morgan fingerprint density at radius 3 is 2.84 bits per heavy atom. The third-order valence-corrected chi connectivity index (χ3v) is 4.15. The van der Waals surface area contributed by atoms with Gasteiger partial charge in [-0.2, -0.15) is 0 Å². The molecule has 2 aromatic rings. The maximum Gasteiger partial charge on any atom is 0.124 e. The van der Waals surface area contributed by atoms with Crippen molar-refractivity contribution in [3.63, 3.8) is 0 Å². The minimum atomic E-state index is -0.311. The van der Waals surface area contributed by atoms with E-state index in [1.54, 1.807) is 17.4 Å². The fourth-order valence-electron chi connectivity index (χ4n) is 1.99. The molecular weight excluding hydrogens is 283 g/mol. The lowest BCUT2D eigenvalue weighted by Crippen LogP contribution is -2.23. The minimum absolute atomic E-state index is 0.0589. The van der Waals surface area contributed by atoms with Crippen LogP contribution in [0.5, 0.6) is 0 Å². The number of thiazole rings is 1. The second kappa shape index (κ2) is 6.46. The van der Waals surface area contributed by atoms with Gasteiger partial charge in [-0.15, -0.1) is 11.3 Å². The quantitative estimate of drug-likeness (QED) is 0.897. The molecule has 5 heteroatoms. The fraction of sp³-hybridized carbons (Fsp3) is 0.357. The lowest BCUT2D eigenvalue weighted by atomic mass is 10.0. The fourth-order valence-corrected chi connectivity index (χ4v) is 3.11. The van der Waals surface area contributed by atoms with Gasteiger partial charge in [0.2, 0.25) is 0 Å². The molecule has 0 saturated carbocycles. The van der Waals surface area contributed by atoms with Crippen molar-refractivity contribution in [2.24, 2.45) is 0 Å². The molecule has 0 saturated heterocycles. The molecule has 0 aliphatic carbocycles. The summed E-state index contributed by atoms with van der Waals surface area (Å²) >= 11 is 7.77. The molecule has 0 fully saturated rings. The topological polar surface area (TPSA) is 24.9 Å². The van der Waals surface area contributed by atoms with Crippen LogP contribution in [0.4, 0.5) is 4.39 Å². The predicted octanol–water partition coefficient (Wildman–Crippen LogP) is 4.14. The van der Waals surface area contributed by atoms with Crippen LogP contribution < -0.4 is 5.32 Å². The Balaban J connectivity index is 2.23. The molecule has 2 nitrogen and oxygen atoms in total. The van der Waals surface area contributed by atoms with Gasteiger partial charge >= 0.3 is 0 Å². The van der Waals surface area contributed by atoms with E-state index in [0.29, 0.717) is 5.02 Å². The monoisotopic (exact) mass is 298 g/mol. The number of halogens is 2. The minimum Gasteiger partial charge on any atom is -0.310 e. The zero-order valence-corrected chi connectivity index (χ0v) is 12.5. The highest BCUT2D eigenvalue weighted by atomic mass is 35.5. The number of hydrogen-bond acceptors (Lipinski definition) is 3. The summed E-state index contributed by atoms with van der Waals surface area (Å²) < 4.78 is 13.1. The van der Waals surface area contributed by atoms with Crippen molar-refractivity contribution in [3.05, 3.63) is 50.7 Å². The van der Waals surface area contributed by atoms with Crippen molar-refractivity contribution in [3.8, 4) is 0 Å². The predicted molar refractivity (Wildman–Crippen MR) is 78.4 cm³/mol. The van der Waals surface area contributed by atoms with E-state index in [-0.39, 0.29) is 11.9 Å². The summed E-state index contributed by atoms with van der Waals surface area (Å²) in [5, 5.41) is 6.93. The molecule has 19 heavy (non-hydrogen) atoms. The first-order valence-electron chi connectivity index (χ1n) is 6.19. The average molecular weight is 299 g/mol. The van der Waals surface area contributed by atoms with Crippen LogP contribution in [0.2, 0.25) is 5.02 Å². The molecule has 0 aliphatic heterocycles. The average Bonchev–Trinajstić information content (AvgIpc) is 2.74. The molecule has 102 valence electrons. The highest BCUT2D eigenvalue weighted by Gasteiger charge is 2.16. The SMILES string of the molecule is CCNC(Cc1nc(C)cs1)c1ccc(F)cc1Cl. The number of aromatic nitrogens is 1. The molecule has 0 spiro atoms. The Kier molecular flexibility index (Phi) is 4.91. The van der Waals surface area contributed by atoms with Gasteiger partial charge in [0.25, 0.3) is 0 Å². The summed E-state index contributed by atoms with van der Waals surface area (Å²) in [7, 11) is 0. The largest absolute Gasteiger partial charge is 0.310 e. The Bertz CT molecular complexity index is 556. The van der Waals surface area contributed by atoms with E-state index >= 15 is 0 Å². The third kappa shape index (κ3) is 3.75. The van der Waals surface area contributed by atoms with Gasteiger partial charge in [-0.1, -0.05) is 24.6 Å². The van der Waals surface area contributed by atoms with Gasteiger partial charge < -0.3 is 5.32 Å². The second-order valence-electron chi connectivity index (χ2n) is 4.36. The van der Waals surface area contributed by atoms with E-state index in [2.05, 4.69) is 10.3 Å². The summed E-state index contributed by atoms with van der Waals surface area (Å²) in [4.78, 5) is 4.47. The summed E-state index contributed by atoms with van der Waals surface area (Å²) in [6, 6.07) is 4.60. The zero-order chi connectivity index (χ0) is 13.8. The van der Waals surface area contributed by atoms with Crippen molar-refractivity contribution in [1.82, 2.24) is 10.3 Å². The number of aryl methyl sites for hydroxylation is 1. The van der Waals surface area contributed by atoms with Gasteiger partial charge in [0.05, 0.1) is 5.01 Å². The van der Waals surface area contributed by atoms with Gasteiger partial charge in [0.15, 0.2) is 0 Å². The summed E-state index contributed by atoms with van der Waals surface area (Å²) in [6.45, 7) is 4.84. The Hall–Kier alpha value is -0.970. The Labute approximate surface area is 121 Å². The normalized spacial score (nSPS) is 12.6. The first kappa shape index (κ1) is 14.4.